The summed E-state index contributed by atoms with van der Waals surface area (Å²) in [5, 5.41) is 1.05. The molecule has 17 heavy (non-hydrogen) atoms. The van der Waals surface area contributed by atoms with Crippen molar-refractivity contribution in [3.63, 3.8) is 0 Å². The number of ether oxygens (including phenoxy) is 1. The van der Waals surface area contributed by atoms with Crippen molar-refractivity contribution in [2.75, 3.05) is 7.11 Å². The highest BCUT2D eigenvalue weighted by Crippen LogP contribution is 2.31. The van der Waals surface area contributed by atoms with E-state index < -0.39 is 0 Å². The summed E-state index contributed by atoms with van der Waals surface area (Å²) in [5.74, 6) is 1.62. The summed E-state index contributed by atoms with van der Waals surface area (Å²) >= 11 is 6.06. The molecule has 0 radical (unpaired) electrons. The number of aryl methyl sites for hydroxylation is 1. The molecule has 0 spiro atoms. The van der Waals surface area contributed by atoms with E-state index in [0.717, 1.165) is 34.2 Å². The Bertz CT molecular complexity index is 486. The first-order valence-electron chi connectivity index (χ1n) is 5.52. The van der Waals surface area contributed by atoms with Crippen LogP contribution in [0.3, 0.4) is 0 Å². The molecular formula is C13H15NOS2. The minimum absolute atomic E-state index is 0.755. The highest BCUT2D eigenvalue weighted by molar-refractivity contribution is 7.79. The van der Waals surface area contributed by atoms with Crippen LogP contribution in [0.4, 0.5) is 0 Å². The molecule has 4 heteroatoms. The van der Waals surface area contributed by atoms with E-state index in [1.165, 1.54) is 4.88 Å². The summed E-state index contributed by atoms with van der Waals surface area (Å²) in [7, 11) is 1.68. The van der Waals surface area contributed by atoms with Crippen molar-refractivity contribution < 1.29 is 4.74 Å². The van der Waals surface area contributed by atoms with E-state index in [-0.39, 0.29) is 0 Å². The summed E-state index contributed by atoms with van der Waals surface area (Å²) in [6.45, 7) is 2.12. The van der Waals surface area contributed by atoms with Crippen LogP contribution in [0.5, 0.6) is 5.75 Å². The zero-order valence-electron chi connectivity index (χ0n) is 9.93. The lowest BCUT2D eigenvalue weighted by Crippen LogP contribution is -1.85. The van der Waals surface area contributed by atoms with Gasteiger partial charge in [0.15, 0.2) is 0 Å². The number of aromatic nitrogens is 1. The van der Waals surface area contributed by atoms with Gasteiger partial charge in [-0.1, -0.05) is 19.1 Å². The lowest BCUT2D eigenvalue weighted by molar-refractivity contribution is 0.415. The fourth-order valence-electron chi connectivity index (χ4n) is 1.66. The van der Waals surface area contributed by atoms with E-state index in [2.05, 4.69) is 30.6 Å². The van der Waals surface area contributed by atoms with Crippen LogP contribution < -0.4 is 4.74 Å². The van der Waals surface area contributed by atoms with Crippen molar-refractivity contribution >= 4 is 24.0 Å². The van der Waals surface area contributed by atoms with Gasteiger partial charge in [0, 0.05) is 16.2 Å². The summed E-state index contributed by atoms with van der Waals surface area (Å²) in [6, 6.07) is 8.00. The average Bonchev–Trinajstić information content (AvgIpc) is 2.82. The zero-order valence-corrected chi connectivity index (χ0v) is 11.6. The molecule has 0 saturated carbocycles. The van der Waals surface area contributed by atoms with Crippen LogP contribution in [-0.2, 0) is 12.2 Å². The van der Waals surface area contributed by atoms with Gasteiger partial charge in [-0.3, -0.25) is 0 Å². The molecule has 0 saturated heterocycles. The zero-order chi connectivity index (χ0) is 12.3. The monoisotopic (exact) mass is 265 g/mol. The van der Waals surface area contributed by atoms with E-state index in [1.54, 1.807) is 18.4 Å². The topological polar surface area (TPSA) is 22.1 Å². The number of nitrogens with zero attached hydrogens (tertiary/aromatic N) is 1. The minimum Gasteiger partial charge on any atom is -0.497 e. The highest BCUT2D eigenvalue weighted by Gasteiger charge is 2.10. The van der Waals surface area contributed by atoms with Crippen molar-refractivity contribution in [1.82, 2.24) is 4.98 Å². The molecule has 2 nitrogen and oxygen atoms in total. The number of thiazole rings is 1. The second-order valence-corrected chi connectivity index (χ2v) is 5.03. The predicted octanol–water partition coefficient (Wildman–Crippen LogP) is 3.81. The Labute approximate surface area is 111 Å². The molecule has 90 valence electrons. The fourth-order valence-corrected chi connectivity index (χ4v) is 3.05. The van der Waals surface area contributed by atoms with E-state index in [9.17, 15) is 0 Å². The lowest BCUT2D eigenvalue weighted by Gasteiger charge is -2.00. The molecule has 0 fully saturated rings. The first-order valence-corrected chi connectivity index (χ1v) is 6.97. The standard InChI is InChI=1S/C13H15NOS2/c1-3-11-12(8-16)17-13(14-11)9-5-4-6-10(7-9)15-2/h4-7,16H,3,8H2,1-2H3. The molecule has 0 aliphatic carbocycles. The number of methoxy groups -OCH3 is 1. The third-order valence-corrected chi connectivity index (χ3v) is 4.25. The predicted molar refractivity (Wildman–Crippen MR) is 76.2 cm³/mol. The fraction of sp³-hybridized carbons (Fsp3) is 0.308. The van der Waals surface area contributed by atoms with Crippen molar-refractivity contribution in [3.8, 4) is 16.3 Å². The average molecular weight is 265 g/mol. The molecule has 1 aromatic carbocycles. The molecule has 0 amide bonds. The van der Waals surface area contributed by atoms with Crippen LogP contribution in [0.15, 0.2) is 24.3 Å². The van der Waals surface area contributed by atoms with Crippen molar-refractivity contribution in [3.05, 3.63) is 34.8 Å². The maximum Gasteiger partial charge on any atom is 0.124 e. The maximum atomic E-state index is 5.23. The number of rotatable bonds is 4. The van der Waals surface area contributed by atoms with Crippen molar-refractivity contribution in [1.29, 1.82) is 0 Å². The molecular weight excluding hydrogens is 250 g/mol. The molecule has 1 aromatic heterocycles. The smallest absolute Gasteiger partial charge is 0.124 e. The van der Waals surface area contributed by atoms with Gasteiger partial charge in [-0.05, 0) is 18.6 Å². The Hall–Kier alpha value is -1.00. The van der Waals surface area contributed by atoms with Gasteiger partial charge in [-0.2, -0.15) is 12.6 Å². The molecule has 0 atom stereocenters. The van der Waals surface area contributed by atoms with Gasteiger partial charge in [0.05, 0.1) is 12.8 Å². The normalized spacial score (nSPS) is 10.5. The Morgan fingerprint density at radius 2 is 2.24 bits per heavy atom. The van der Waals surface area contributed by atoms with Crippen LogP contribution in [-0.4, -0.2) is 12.1 Å². The summed E-state index contributed by atoms with van der Waals surface area (Å²) in [6.07, 6.45) is 0.955. The van der Waals surface area contributed by atoms with Crippen molar-refractivity contribution in [2.24, 2.45) is 0 Å². The molecule has 0 unspecified atom stereocenters. The van der Waals surface area contributed by atoms with Gasteiger partial charge in [0.1, 0.15) is 10.8 Å². The van der Waals surface area contributed by atoms with Gasteiger partial charge >= 0.3 is 0 Å². The molecule has 0 N–H and O–H groups in total. The molecule has 2 aromatic rings. The van der Waals surface area contributed by atoms with Gasteiger partial charge < -0.3 is 4.74 Å². The van der Waals surface area contributed by atoms with Gasteiger partial charge in [0.25, 0.3) is 0 Å². The maximum absolute atomic E-state index is 5.23. The van der Waals surface area contributed by atoms with E-state index >= 15 is 0 Å². The molecule has 0 aliphatic rings. The SMILES string of the molecule is CCc1nc(-c2cccc(OC)c2)sc1CS. The quantitative estimate of drug-likeness (QED) is 0.849. The van der Waals surface area contributed by atoms with E-state index in [1.807, 2.05) is 18.2 Å². The van der Waals surface area contributed by atoms with Crippen LogP contribution in [0, 0.1) is 0 Å². The third kappa shape index (κ3) is 2.64. The molecule has 0 aliphatic heterocycles. The van der Waals surface area contributed by atoms with Crippen LogP contribution in [0.25, 0.3) is 10.6 Å². The third-order valence-electron chi connectivity index (χ3n) is 2.57. The largest absolute Gasteiger partial charge is 0.497 e. The summed E-state index contributed by atoms with van der Waals surface area (Å²) in [5.41, 5.74) is 2.26. The molecule has 2 rings (SSSR count). The highest BCUT2D eigenvalue weighted by atomic mass is 32.1. The van der Waals surface area contributed by atoms with Crippen molar-refractivity contribution in [2.45, 2.75) is 19.1 Å². The summed E-state index contributed by atoms with van der Waals surface area (Å²) in [4.78, 5) is 5.92. The lowest BCUT2D eigenvalue weighted by atomic mass is 10.2. The van der Waals surface area contributed by atoms with Gasteiger partial charge in [0.2, 0.25) is 0 Å². The Balaban J connectivity index is 2.41. The van der Waals surface area contributed by atoms with Crippen LogP contribution >= 0.6 is 24.0 Å². The Kier molecular flexibility index (Phi) is 4.07. The first kappa shape index (κ1) is 12.5. The second-order valence-electron chi connectivity index (χ2n) is 3.63. The number of hydrogen-bond acceptors (Lipinski definition) is 4. The number of hydrogen-bond donors (Lipinski definition) is 1. The Morgan fingerprint density at radius 3 is 2.82 bits per heavy atom. The van der Waals surface area contributed by atoms with Gasteiger partial charge in [-0.25, -0.2) is 4.98 Å². The van der Waals surface area contributed by atoms with E-state index in [0.29, 0.717) is 0 Å². The molecule has 1 heterocycles. The van der Waals surface area contributed by atoms with E-state index in [4.69, 9.17) is 4.74 Å². The first-order chi connectivity index (χ1) is 8.28. The van der Waals surface area contributed by atoms with Crippen LogP contribution in [0.1, 0.15) is 17.5 Å². The second kappa shape index (κ2) is 5.56. The Morgan fingerprint density at radius 1 is 1.41 bits per heavy atom. The van der Waals surface area contributed by atoms with Gasteiger partial charge in [-0.15, -0.1) is 11.3 Å². The van der Waals surface area contributed by atoms with Crippen LogP contribution in [0.2, 0.25) is 0 Å². The summed E-state index contributed by atoms with van der Waals surface area (Å²) < 4.78 is 5.23. The molecule has 0 bridgehead atoms. The number of benzene rings is 1. The number of thiol groups is 1. The minimum atomic E-state index is 0.755.